The van der Waals surface area contributed by atoms with Crippen molar-refractivity contribution in [2.75, 3.05) is 12.8 Å². The molecule has 0 aliphatic carbocycles. The second-order valence-electron chi connectivity index (χ2n) is 3.98. The number of carboxylic acid groups (broad SMARTS) is 1. The molecule has 1 heterocycles. The van der Waals surface area contributed by atoms with Crippen molar-refractivity contribution >= 4 is 37.5 Å². The summed E-state index contributed by atoms with van der Waals surface area (Å²) in [5.74, 6) is -2.27. The summed E-state index contributed by atoms with van der Waals surface area (Å²) >= 11 is 1.40. The van der Waals surface area contributed by atoms with Crippen molar-refractivity contribution in [1.29, 1.82) is 0 Å². The second-order valence-corrected chi connectivity index (χ2v) is 7.17. The monoisotopic (exact) mass is 300 g/mol. The highest BCUT2D eigenvalue weighted by molar-refractivity contribution is 7.89. The van der Waals surface area contributed by atoms with Crippen molar-refractivity contribution in [2.24, 2.45) is 0 Å². The molecule has 1 aromatic carbocycles. The largest absolute Gasteiger partial charge is 0.480 e. The maximum atomic E-state index is 11.7. The van der Waals surface area contributed by atoms with Crippen LogP contribution in [0.3, 0.4) is 0 Å². The molecule has 0 bridgehead atoms. The Labute approximate surface area is 114 Å². The highest BCUT2D eigenvalue weighted by atomic mass is 32.2. The molecule has 0 unspecified atom stereocenters. The summed E-state index contributed by atoms with van der Waals surface area (Å²) in [5, 5.41) is 9.20. The van der Waals surface area contributed by atoms with E-state index in [-0.39, 0.29) is 6.54 Å². The summed E-state index contributed by atoms with van der Waals surface area (Å²) < 4.78 is 25.4. The Morgan fingerprint density at radius 1 is 1.42 bits per heavy atom. The van der Waals surface area contributed by atoms with Crippen LogP contribution in [0.15, 0.2) is 24.3 Å². The lowest BCUT2D eigenvalue weighted by Crippen LogP contribution is -2.31. The molecule has 0 aliphatic rings. The fourth-order valence-electron chi connectivity index (χ4n) is 1.54. The minimum absolute atomic E-state index is 0.0783. The molecule has 0 spiro atoms. The van der Waals surface area contributed by atoms with Crippen molar-refractivity contribution in [2.45, 2.75) is 6.54 Å². The van der Waals surface area contributed by atoms with Gasteiger partial charge in [-0.1, -0.05) is 12.1 Å². The summed E-state index contributed by atoms with van der Waals surface area (Å²) in [6.07, 6.45) is 0. The number of hydrogen-bond acceptors (Lipinski definition) is 5. The molecule has 6 nitrogen and oxygen atoms in total. The molecule has 0 saturated heterocycles. The standard InChI is InChI=1S/C11H12N2O4S2/c1-13(19(16,17)7-11(14)15)6-10-12-8-4-2-3-5-9(8)18-10/h2-5H,6-7H2,1H3,(H,14,15). The third-order valence-corrected chi connectivity index (χ3v) is 5.19. The van der Waals surface area contributed by atoms with Gasteiger partial charge in [0.1, 0.15) is 5.01 Å². The van der Waals surface area contributed by atoms with Crippen molar-refractivity contribution < 1.29 is 18.3 Å². The summed E-state index contributed by atoms with van der Waals surface area (Å²) in [7, 11) is -2.44. The number of aromatic nitrogens is 1. The van der Waals surface area contributed by atoms with Crippen LogP contribution < -0.4 is 0 Å². The Kier molecular flexibility index (Phi) is 3.83. The van der Waals surface area contributed by atoms with Gasteiger partial charge < -0.3 is 5.11 Å². The van der Waals surface area contributed by atoms with Crippen LogP contribution in [0.2, 0.25) is 0 Å². The second kappa shape index (κ2) is 5.24. The van der Waals surface area contributed by atoms with Gasteiger partial charge in [0.15, 0.2) is 5.75 Å². The van der Waals surface area contributed by atoms with Crippen LogP contribution in [0, 0.1) is 0 Å². The van der Waals surface area contributed by atoms with Crippen LogP contribution in [0.25, 0.3) is 10.2 Å². The quantitative estimate of drug-likeness (QED) is 0.894. The first-order chi connectivity index (χ1) is 8.88. The van der Waals surface area contributed by atoms with Gasteiger partial charge in [-0.25, -0.2) is 13.4 Å². The fourth-order valence-corrected chi connectivity index (χ4v) is 3.50. The van der Waals surface area contributed by atoms with Crippen LogP contribution in [-0.4, -0.2) is 41.6 Å². The highest BCUT2D eigenvalue weighted by Crippen LogP contribution is 2.22. The third kappa shape index (κ3) is 3.28. The molecule has 0 aliphatic heterocycles. The van der Waals surface area contributed by atoms with E-state index in [1.807, 2.05) is 24.3 Å². The van der Waals surface area contributed by atoms with E-state index in [4.69, 9.17) is 5.11 Å². The van der Waals surface area contributed by atoms with E-state index >= 15 is 0 Å². The smallest absolute Gasteiger partial charge is 0.320 e. The molecule has 2 aromatic rings. The van der Waals surface area contributed by atoms with Crippen molar-refractivity contribution in [1.82, 2.24) is 9.29 Å². The van der Waals surface area contributed by atoms with Gasteiger partial charge in [0.05, 0.1) is 16.8 Å². The fraction of sp³-hybridized carbons (Fsp3) is 0.273. The molecule has 0 radical (unpaired) electrons. The zero-order chi connectivity index (χ0) is 14.0. The normalized spacial score (nSPS) is 12.1. The minimum Gasteiger partial charge on any atom is -0.480 e. The summed E-state index contributed by atoms with van der Waals surface area (Å²) in [6, 6.07) is 7.50. The molecule has 0 fully saturated rings. The molecule has 0 saturated carbocycles. The van der Waals surface area contributed by atoms with E-state index in [9.17, 15) is 13.2 Å². The average molecular weight is 300 g/mol. The third-order valence-electron chi connectivity index (χ3n) is 2.48. The first-order valence-corrected chi connectivity index (χ1v) is 7.81. The zero-order valence-corrected chi connectivity index (χ0v) is 11.7. The summed E-state index contributed by atoms with van der Waals surface area (Å²) in [4.78, 5) is 14.8. The van der Waals surface area contributed by atoms with Gasteiger partial charge in [-0.15, -0.1) is 11.3 Å². The lowest BCUT2D eigenvalue weighted by Gasteiger charge is -2.13. The Bertz CT molecular complexity index is 675. The van der Waals surface area contributed by atoms with Gasteiger partial charge in [0.2, 0.25) is 10.0 Å². The number of benzene rings is 1. The van der Waals surface area contributed by atoms with Crippen molar-refractivity contribution in [3.63, 3.8) is 0 Å². The number of para-hydroxylation sites is 1. The van der Waals surface area contributed by atoms with Crippen LogP contribution in [0.4, 0.5) is 0 Å². The average Bonchev–Trinajstić information content (AvgIpc) is 2.69. The van der Waals surface area contributed by atoms with E-state index < -0.39 is 21.7 Å². The Hall–Kier alpha value is -1.51. The summed E-state index contributed by atoms with van der Waals surface area (Å²) in [5.41, 5.74) is 0.812. The van der Waals surface area contributed by atoms with Crippen LogP contribution >= 0.6 is 11.3 Å². The van der Waals surface area contributed by atoms with Gasteiger partial charge >= 0.3 is 5.97 Å². The SMILES string of the molecule is CN(Cc1nc2ccccc2s1)S(=O)(=O)CC(=O)O. The number of thiazole rings is 1. The molecule has 102 valence electrons. The molecule has 8 heteroatoms. The van der Waals surface area contributed by atoms with Crippen LogP contribution in [0.1, 0.15) is 5.01 Å². The highest BCUT2D eigenvalue weighted by Gasteiger charge is 2.22. The Balaban J connectivity index is 2.18. The van der Waals surface area contributed by atoms with Crippen molar-refractivity contribution in [3.8, 4) is 0 Å². The molecule has 0 amide bonds. The number of carbonyl (C=O) groups is 1. The van der Waals surface area contributed by atoms with E-state index in [1.165, 1.54) is 18.4 Å². The molecule has 1 N–H and O–H groups in total. The first-order valence-electron chi connectivity index (χ1n) is 5.39. The van der Waals surface area contributed by atoms with Gasteiger partial charge in [-0.3, -0.25) is 4.79 Å². The van der Waals surface area contributed by atoms with E-state index in [1.54, 1.807) is 0 Å². The first kappa shape index (κ1) is 13.9. The van der Waals surface area contributed by atoms with E-state index in [0.29, 0.717) is 5.01 Å². The molecular formula is C11H12N2O4S2. The number of aliphatic carboxylic acids is 1. The Morgan fingerprint density at radius 3 is 2.74 bits per heavy atom. The number of hydrogen-bond donors (Lipinski definition) is 1. The maximum absolute atomic E-state index is 11.7. The zero-order valence-electron chi connectivity index (χ0n) is 10.1. The molecule has 1 aromatic heterocycles. The molecule has 19 heavy (non-hydrogen) atoms. The van der Waals surface area contributed by atoms with E-state index in [2.05, 4.69) is 4.98 Å². The van der Waals surface area contributed by atoms with E-state index in [0.717, 1.165) is 14.5 Å². The van der Waals surface area contributed by atoms with Gasteiger partial charge in [0, 0.05) is 7.05 Å². The number of fused-ring (bicyclic) bond motifs is 1. The minimum atomic E-state index is -3.79. The van der Waals surface area contributed by atoms with Gasteiger partial charge in [0.25, 0.3) is 0 Å². The molecular weight excluding hydrogens is 288 g/mol. The topological polar surface area (TPSA) is 87.6 Å². The number of rotatable bonds is 5. The molecule has 2 rings (SSSR count). The van der Waals surface area contributed by atoms with Crippen LogP contribution in [0.5, 0.6) is 0 Å². The molecule has 0 atom stereocenters. The van der Waals surface area contributed by atoms with Gasteiger partial charge in [-0.05, 0) is 12.1 Å². The predicted molar refractivity (Wildman–Crippen MR) is 72.5 cm³/mol. The summed E-state index contributed by atoms with van der Waals surface area (Å²) in [6.45, 7) is 0.0783. The lowest BCUT2D eigenvalue weighted by atomic mass is 10.3. The lowest BCUT2D eigenvalue weighted by molar-refractivity contribution is -0.134. The number of carboxylic acids is 1. The Morgan fingerprint density at radius 2 is 2.11 bits per heavy atom. The maximum Gasteiger partial charge on any atom is 0.320 e. The van der Waals surface area contributed by atoms with Gasteiger partial charge in [-0.2, -0.15) is 4.31 Å². The van der Waals surface area contributed by atoms with Crippen molar-refractivity contribution in [3.05, 3.63) is 29.3 Å². The number of sulfonamides is 1. The van der Waals surface area contributed by atoms with Crippen LogP contribution in [-0.2, 0) is 21.4 Å². The number of nitrogens with zero attached hydrogens (tertiary/aromatic N) is 2. The predicted octanol–water partition coefficient (Wildman–Crippen LogP) is 1.14.